The lowest BCUT2D eigenvalue weighted by Gasteiger charge is -2.37. The third-order valence-corrected chi connectivity index (χ3v) is 6.11. The average Bonchev–Trinajstić information content (AvgIpc) is 3.11. The Morgan fingerprint density at radius 3 is 2.10 bits per heavy atom. The number of carbonyl (C=O) groups is 5. The average molecular weight is 412 g/mol. The van der Waals surface area contributed by atoms with E-state index in [9.17, 15) is 24.0 Å². The molecule has 2 fully saturated rings. The summed E-state index contributed by atoms with van der Waals surface area (Å²) in [5, 5.41) is 2.81. The van der Waals surface area contributed by atoms with Gasteiger partial charge in [-0.25, -0.2) is 4.79 Å². The van der Waals surface area contributed by atoms with Crippen molar-refractivity contribution in [3.05, 3.63) is 35.4 Å². The molecule has 0 aromatic heterocycles. The van der Waals surface area contributed by atoms with E-state index < -0.39 is 5.54 Å². The lowest BCUT2D eigenvalue weighted by Crippen LogP contribution is -2.56. The van der Waals surface area contributed by atoms with Crippen LogP contribution in [0.1, 0.15) is 53.8 Å². The Hall–Kier alpha value is -3.23. The second-order valence-electron chi connectivity index (χ2n) is 8.22. The van der Waals surface area contributed by atoms with Gasteiger partial charge in [0.05, 0.1) is 11.1 Å². The number of imide groups is 2. The summed E-state index contributed by atoms with van der Waals surface area (Å²) in [5.74, 6) is -1.18. The predicted molar refractivity (Wildman–Crippen MR) is 105 cm³/mol. The molecule has 6 amide bonds. The summed E-state index contributed by atoms with van der Waals surface area (Å²) >= 11 is 0. The van der Waals surface area contributed by atoms with Crippen molar-refractivity contribution in [3.8, 4) is 0 Å². The monoisotopic (exact) mass is 412 g/mol. The summed E-state index contributed by atoms with van der Waals surface area (Å²) in [5.41, 5.74) is -0.221. The van der Waals surface area contributed by atoms with Gasteiger partial charge in [-0.15, -0.1) is 0 Å². The zero-order valence-electron chi connectivity index (χ0n) is 17.0. The first-order valence-electron chi connectivity index (χ1n) is 10.1. The molecule has 4 rings (SSSR count). The lowest BCUT2D eigenvalue weighted by atomic mass is 9.87. The molecule has 2 saturated heterocycles. The van der Waals surface area contributed by atoms with Crippen LogP contribution < -0.4 is 5.32 Å². The zero-order valence-corrected chi connectivity index (χ0v) is 17.0. The van der Waals surface area contributed by atoms with Crippen molar-refractivity contribution in [2.24, 2.45) is 0 Å². The van der Waals surface area contributed by atoms with E-state index in [0.29, 0.717) is 37.1 Å². The molecular formula is C21H24N4O5. The van der Waals surface area contributed by atoms with Crippen LogP contribution in [0, 0.1) is 0 Å². The second-order valence-corrected chi connectivity index (χ2v) is 8.22. The van der Waals surface area contributed by atoms with Gasteiger partial charge >= 0.3 is 6.03 Å². The number of urea groups is 1. The van der Waals surface area contributed by atoms with Crippen LogP contribution in [0.5, 0.6) is 0 Å². The maximum absolute atomic E-state index is 12.7. The Labute approximate surface area is 174 Å². The molecule has 0 unspecified atom stereocenters. The molecule has 9 nitrogen and oxygen atoms in total. The topological polar surface area (TPSA) is 107 Å². The highest BCUT2D eigenvalue weighted by molar-refractivity contribution is 6.21. The predicted octanol–water partition coefficient (Wildman–Crippen LogP) is 0.994. The van der Waals surface area contributed by atoms with Crippen molar-refractivity contribution >= 4 is 29.7 Å². The Balaban J connectivity index is 1.34. The fourth-order valence-electron chi connectivity index (χ4n) is 4.39. The highest BCUT2D eigenvalue weighted by Gasteiger charge is 2.53. The minimum absolute atomic E-state index is 0.0175. The largest absolute Gasteiger partial charge is 0.342 e. The zero-order chi connectivity index (χ0) is 21.6. The number of fused-ring (bicyclic) bond motifs is 1. The standard InChI is InChI=1S/C21H24N4O5/c1-13(2)25-19(29)21(22-20(25)30)8-11-23(12-9-21)16(26)7-10-24-17(27)14-5-3-4-6-15(14)18(24)28/h3-6,13H,7-12H2,1-2H3,(H,22,30). The normalized spacial score (nSPS) is 20.4. The van der Waals surface area contributed by atoms with E-state index in [0.717, 1.165) is 4.90 Å². The molecule has 3 aliphatic rings. The Morgan fingerprint density at radius 2 is 1.60 bits per heavy atom. The molecule has 158 valence electrons. The van der Waals surface area contributed by atoms with Gasteiger partial charge in [0, 0.05) is 32.1 Å². The third kappa shape index (κ3) is 3.05. The number of benzene rings is 1. The van der Waals surface area contributed by atoms with E-state index in [1.165, 1.54) is 4.90 Å². The number of nitrogens with one attached hydrogen (secondary N) is 1. The summed E-state index contributed by atoms with van der Waals surface area (Å²) in [4.78, 5) is 66.4. The first kappa shape index (κ1) is 20.1. The van der Waals surface area contributed by atoms with Crippen LogP contribution in [0.15, 0.2) is 24.3 Å². The summed E-state index contributed by atoms with van der Waals surface area (Å²) in [6.07, 6.45) is 0.718. The molecule has 0 aliphatic carbocycles. The molecule has 0 bridgehead atoms. The molecule has 0 radical (unpaired) electrons. The smallest absolute Gasteiger partial charge is 0.325 e. The van der Waals surface area contributed by atoms with Crippen molar-refractivity contribution in [2.45, 2.75) is 44.7 Å². The number of piperidine rings is 1. The number of nitrogens with zero attached hydrogens (tertiary/aromatic N) is 3. The number of likely N-dealkylation sites (tertiary alicyclic amines) is 1. The molecule has 30 heavy (non-hydrogen) atoms. The van der Waals surface area contributed by atoms with E-state index in [1.54, 1.807) is 43.0 Å². The van der Waals surface area contributed by atoms with E-state index in [4.69, 9.17) is 0 Å². The molecule has 9 heteroatoms. The molecular weight excluding hydrogens is 388 g/mol. The second kappa shape index (κ2) is 7.23. The van der Waals surface area contributed by atoms with Crippen LogP contribution in [0.3, 0.4) is 0 Å². The highest BCUT2D eigenvalue weighted by Crippen LogP contribution is 2.31. The Bertz CT molecular complexity index is 913. The van der Waals surface area contributed by atoms with E-state index in [1.807, 2.05) is 0 Å². The molecule has 1 spiro atoms. The van der Waals surface area contributed by atoms with Gasteiger partial charge in [0.15, 0.2) is 0 Å². The first-order valence-corrected chi connectivity index (χ1v) is 10.1. The molecule has 1 aromatic carbocycles. The molecule has 1 N–H and O–H groups in total. The molecule has 1 aromatic rings. The van der Waals surface area contributed by atoms with Crippen LogP contribution in [-0.4, -0.2) is 75.6 Å². The van der Waals surface area contributed by atoms with E-state index in [-0.39, 0.29) is 48.7 Å². The van der Waals surface area contributed by atoms with Gasteiger partial charge in [0.1, 0.15) is 5.54 Å². The summed E-state index contributed by atoms with van der Waals surface area (Å²) in [6, 6.07) is 6.00. The minimum Gasteiger partial charge on any atom is -0.342 e. The Morgan fingerprint density at radius 1 is 1.03 bits per heavy atom. The molecule has 3 aliphatic heterocycles. The number of carbonyl (C=O) groups excluding carboxylic acids is 5. The molecule has 3 heterocycles. The van der Waals surface area contributed by atoms with Crippen molar-refractivity contribution in [1.29, 1.82) is 0 Å². The summed E-state index contributed by atoms with van der Waals surface area (Å²) < 4.78 is 0. The molecule has 0 saturated carbocycles. The minimum atomic E-state index is -0.944. The van der Waals surface area contributed by atoms with Crippen molar-refractivity contribution in [1.82, 2.24) is 20.0 Å². The van der Waals surface area contributed by atoms with Crippen molar-refractivity contribution in [3.63, 3.8) is 0 Å². The lowest BCUT2D eigenvalue weighted by molar-refractivity contribution is -0.139. The van der Waals surface area contributed by atoms with Crippen LogP contribution in [-0.2, 0) is 9.59 Å². The van der Waals surface area contributed by atoms with Crippen molar-refractivity contribution < 1.29 is 24.0 Å². The van der Waals surface area contributed by atoms with Gasteiger partial charge in [-0.3, -0.25) is 29.0 Å². The highest BCUT2D eigenvalue weighted by atomic mass is 16.2. The van der Waals surface area contributed by atoms with Gasteiger partial charge in [-0.2, -0.15) is 0 Å². The maximum Gasteiger partial charge on any atom is 0.325 e. The summed E-state index contributed by atoms with van der Waals surface area (Å²) in [6.45, 7) is 4.25. The maximum atomic E-state index is 12.7. The molecule has 0 atom stereocenters. The first-order chi connectivity index (χ1) is 14.2. The Kier molecular flexibility index (Phi) is 4.83. The summed E-state index contributed by atoms with van der Waals surface area (Å²) in [7, 11) is 0. The number of hydrogen-bond acceptors (Lipinski definition) is 5. The van der Waals surface area contributed by atoms with Crippen LogP contribution >= 0.6 is 0 Å². The fourth-order valence-corrected chi connectivity index (χ4v) is 4.39. The fraction of sp³-hybridized carbons (Fsp3) is 0.476. The quantitative estimate of drug-likeness (QED) is 0.586. The van der Waals surface area contributed by atoms with Gasteiger partial charge in [-0.05, 0) is 38.8 Å². The van der Waals surface area contributed by atoms with Gasteiger partial charge in [-0.1, -0.05) is 12.1 Å². The van der Waals surface area contributed by atoms with Gasteiger partial charge in [0.2, 0.25) is 5.91 Å². The van der Waals surface area contributed by atoms with Crippen LogP contribution in [0.25, 0.3) is 0 Å². The number of rotatable bonds is 4. The van der Waals surface area contributed by atoms with Gasteiger partial charge in [0.25, 0.3) is 17.7 Å². The van der Waals surface area contributed by atoms with Crippen LogP contribution in [0.2, 0.25) is 0 Å². The number of amides is 6. The number of hydrogen-bond donors (Lipinski definition) is 1. The SMILES string of the molecule is CC(C)N1C(=O)NC2(CCN(C(=O)CCN3C(=O)c4ccccc4C3=O)CC2)C1=O. The van der Waals surface area contributed by atoms with E-state index >= 15 is 0 Å². The van der Waals surface area contributed by atoms with Crippen molar-refractivity contribution in [2.75, 3.05) is 19.6 Å². The van der Waals surface area contributed by atoms with E-state index in [2.05, 4.69) is 5.32 Å². The van der Waals surface area contributed by atoms with Crippen LogP contribution in [0.4, 0.5) is 4.79 Å². The third-order valence-electron chi connectivity index (χ3n) is 6.11. The van der Waals surface area contributed by atoms with Gasteiger partial charge < -0.3 is 10.2 Å².